The third-order valence-corrected chi connectivity index (χ3v) is 4.42. The molecule has 1 saturated heterocycles. The highest BCUT2D eigenvalue weighted by molar-refractivity contribution is 4.92. The summed E-state index contributed by atoms with van der Waals surface area (Å²) in [6.45, 7) is 8.64. The van der Waals surface area contributed by atoms with Crippen LogP contribution in [-0.2, 0) is 0 Å². The van der Waals surface area contributed by atoms with Crippen molar-refractivity contribution < 1.29 is 0 Å². The molecule has 1 aliphatic carbocycles. The summed E-state index contributed by atoms with van der Waals surface area (Å²) in [5.41, 5.74) is 0. The number of nitrogens with zero attached hydrogens (tertiary/aromatic N) is 1. The molecule has 0 aromatic rings. The van der Waals surface area contributed by atoms with Crippen molar-refractivity contribution in [3.05, 3.63) is 0 Å². The van der Waals surface area contributed by atoms with E-state index in [0.717, 1.165) is 23.8 Å². The van der Waals surface area contributed by atoms with Gasteiger partial charge in [-0.25, -0.2) is 0 Å². The topological polar surface area (TPSA) is 15.3 Å². The summed E-state index contributed by atoms with van der Waals surface area (Å²) >= 11 is 0. The van der Waals surface area contributed by atoms with Gasteiger partial charge in [0.2, 0.25) is 0 Å². The minimum absolute atomic E-state index is 0.900. The van der Waals surface area contributed by atoms with Crippen LogP contribution in [0, 0.1) is 17.8 Å². The minimum atomic E-state index is 0.900. The molecule has 1 unspecified atom stereocenters. The van der Waals surface area contributed by atoms with E-state index < -0.39 is 0 Å². The molecular formula is C13H26N2. The predicted octanol–water partition coefficient (Wildman–Crippen LogP) is 1.96. The van der Waals surface area contributed by atoms with Gasteiger partial charge < -0.3 is 10.2 Å². The normalized spacial score (nSPS) is 37.2. The molecule has 2 rings (SSSR count). The smallest absolute Gasteiger partial charge is 0.0101 e. The molecule has 88 valence electrons. The number of hydrogen-bond acceptors (Lipinski definition) is 2. The van der Waals surface area contributed by atoms with Crippen LogP contribution in [0.3, 0.4) is 0 Å². The highest BCUT2D eigenvalue weighted by atomic mass is 15.2. The summed E-state index contributed by atoms with van der Waals surface area (Å²) in [7, 11) is 2.07. The van der Waals surface area contributed by atoms with Crippen molar-refractivity contribution in [3.8, 4) is 0 Å². The molecule has 1 N–H and O–H groups in total. The minimum Gasteiger partial charge on any atom is -0.319 e. The van der Waals surface area contributed by atoms with Crippen molar-refractivity contribution in [2.24, 2.45) is 17.8 Å². The molecule has 0 aromatic carbocycles. The molecule has 2 nitrogen and oxygen atoms in total. The van der Waals surface area contributed by atoms with Gasteiger partial charge in [0, 0.05) is 12.6 Å². The first-order valence-corrected chi connectivity index (χ1v) is 6.59. The quantitative estimate of drug-likeness (QED) is 0.763. The zero-order chi connectivity index (χ0) is 10.8. The summed E-state index contributed by atoms with van der Waals surface area (Å²) in [6.07, 6.45) is 4.33. The molecule has 0 bridgehead atoms. The number of nitrogens with one attached hydrogen (secondary N) is 1. The van der Waals surface area contributed by atoms with Crippen LogP contribution in [0.25, 0.3) is 0 Å². The van der Waals surface area contributed by atoms with Crippen LogP contribution in [0.2, 0.25) is 0 Å². The summed E-state index contributed by atoms with van der Waals surface area (Å²) in [5.74, 6) is 2.82. The second kappa shape index (κ2) is 4.84. The van der Waals surface area contributed by atoms with Gasteiger partial charge in [-0.05, 0) is 57.2 Å². The Morgan fingerprint density at radius 2 is 2.07 bits per heavy atom. The molecule has 0 spiro atoms. The summed E-state index contributed by atoms with van der Waals surface area (Å²) in [5, 5.41) is 3.31. The van der Waals surface area contributed by atoms with Crippen LogP contribution in [0.1, 0.15) is 33.1 Å². The fraction of sp³-hybridized carbons (Fsp3) is 1.00. The molecule has 1 atom stereocenters. The van der Waals surface area contributed by atoms with Crippen LogP contribution in [0.4, 0.5) is 0 Å². The van der Waals surface area contributed by atoms with Crippen molar-refractivity contribution in [3.63, 3.8) is 0 Å². The van der Waals surface area contributed by atoms with E-state index in [0.29, 0.717) is 0 Å². The van der Waals surface area contributed by atoms with Gasteiger partial charge in [0.05, 0.1) is 0 Å². The van der Waals surface area contributed by atoms with Crippen molar-refractivity contribution >= 4 is 0 Å². The molecule has 2 heteroatoms. The van der Waals surface area contributed by atoms with Crippen molar-refractivity contribution in [1.29, 1.82) is 0 Å². The lowest BCUT2D eigenvalue weighted by Crippen LogP contribution is -2.45. The van der Waals surface area contributed by atoms with E-state index >= 15 is 0 Å². The largest absolute Gasteiger partial charge is 0.319 e. The maximum atomic E-state index is 3.31. The molecule has 15 heavy (non-hydrogen) atoms. The van der Waals surface area contributed by atoms with E-state index in [1.165, 1.54) is 38.9 Å². The zero-order valence-corrected chi connectivity index (χ0v) is 10.5. The van der Waals surface area contributed by atoms with Crippen molar-refractivity contribution in [2.75, 3.05) is 26.7 Å². The predicted molar refractivity (Wildman–Crippen MR) is 65.0 cm³/mol. The first kappa shape index (κ1) is 11.4. The lowest BCUT2D eigenvalue weighted by atomic mass is 9.73. The van der Waals surface area contributed by atoms with Crippen LogP contribution in [0.5, 0.6) is 0 Å². The van der Waals surface area contributed by atoms with Gasteiger partial charge in [0.25, 0.3) is 0 Å². The van der Waals surface area contributed by atoms with Gasteiger partial charge in [0.1, 0.15) is 0 Å². The van der Waals surface area contributed by atoms with Gasteiger partial charge in [-0.15, -0.1) is 0 Å². The molecule has 0 radical (unpaired) electrons. The second-order valence-electron chi connectivity index (χ2n) is 5.84. The molecule has 2 aliphatic rings. The van der Waals surface area contributed by atoms with E-state index in [2.05, 4.69) is 31.1 Å². The summed E-state index contributed by atoms with van der Waals surface area (Å²) in [4.78, 5) is 2.74. The lowest BCUT2D eigenvalue weighted by molar-refractivity contribution is 0.0704. The van der Waals surface area contributed by atoms with Crippen LogP contribution < -0.4 is 5.32 Å². The Hall–Kier alpha value is -0.0800. The number of likely N-dealkylation sites (tertiary alicyclic amines) is 1. The van der Waals surface area contributed by atoms with Gasteiger partial charge >= 0.3 is 0 Å². The van der Waals surface area contributed by atoms with Crippen molar-refractivity contribution in [2.45, 2.75) is 39.2 Å². The van der Waals surface area contributed by atoms with Gasteiger partial charge in [-0.2, -0.15) is 0 Å². The highest BCUT2D eigenvalue weighted by Crippen LogP contribution is 2.38. The van der Waals surface area contributed by atoms with E-state index in [1.54, 1.807) is 0 Å². The fourth-order valence-electron chi connectivity index (χ4n) is 3.12. The van der Waals surface area contributed by atoms with E-state index in [1.807, 2.05) is 0 Å². The first-order valence-electron chi connectivity index (χ1n) is 6.59. The van der Waals surface area contributed by atoms with E-state index in [9.17, 15) is 0 Å². The monoisotopic (exact) mass is 210 g/mol. The summed E-state index contributed by atoms with van der Waals surface area (Å²) in [6, 6.07) is 0.930. The Kier molecular flexibility index (Phi) is 3.68. The average Bonchev–Trinajstić information content (AvgIpc) is 2.50. The molecule has 0 amide bonds. The molecule has 1 aliphatic heterocycles. The maximum Gasteiger partial charge on any atom is 0.0101 e. The Labute approximate surface area is 94.4 Å². The third-order valence-electron chi connectivity index (χ3n) is 4.42. The van der Waals surface area contributed by atoms with Gasteiger partial charge in [-0.1, -0.05) is 13.8 Å². The lowest BCUT2D eigenvalue weighted by Gasteiger charge is -2.43. The molecular weight excluding hydrogens is 184 g/mol. The van der Waals surface area contributed by atoms with Crippen LogP contribution >= 0.6 is 0 Å². The van der Waals surface area contributed by atoms with Crippen LogP contribution in [-0.4, -0.2) is 37.6 Å². The fourth-order valence-corrected chi connectivity index (χ4v) is 3.12. The maximum absolute atomic E-state index is 3.31. The number of rotatable bonds is 4. The Morgan fingerprint density at radius 1 is 1.33 bits per heavy atom. The summed E-state index contributed by atoms with van der Waals surface area (Å²) < 4.78 is 0. The second-order valence-corrected chi connectivity index (χ2v) is 5.84. The van der Waals surface area contributed by atoms with E-state index in [4.69, 9.17) is 0 Å². The average molecular weight is 210 g/mol. The Morgan fingerprint density at radius 3 is 2.67 bits per heavy atom. The molecule has 2 fully saturated rings. The highest BCUT2D eigenvalue weighted by Gasteiger charge is 2.37. The molecule has 1 heterocycles. The standard InChI is InChI=1S/C13H26N2/c1-10(2)12-6-13(7-12)15-5-4-11(9-15)8-14-3/h10-14H,4-9H2,1-3H3. The number of hydrogen-bond donors (Lipinski definition) is 1. The third kappa shape index (κ3) is 2.54. The molecule has 0 aromatic heterocycles. The van der Waals surface area contributed by atoms with Gasteiger partial charge in [-0.3, -0.25) is 0 Å². The Bertz CT molecular complexity index is 197. The SMILES string of the molecule is CNCC1CCN(C2CC(C(C)C)C2)C1. The van der Waals surface area contributed by atoms with Crippen molar-refractivity contribution in [1.82, 2.24) is 10.2 Å². The first-order chi connectivity index (χ1) is 7.20. The molecule has 1 saturated carbocycles. The Balaban J connectivity index is 1.70. The van der Waals surface area contributed by atoms with Gasteiger partial charge in [0.15, 0.2) is 0 Å². The van der Waals surface area contributed by atoms with E-state index in [-0.39, 0.29) is 0 Å². The zero-order valence-electron chi connectivity index (χ0n) is 10.5. The van der Waals surface area contributed by atoms with Crippen LogP contribution in [0.15, 0.2) is 0 Å².